The summed E-state index contributed by atoms with van der Waals surface area (Å²) >= 11 is 0. The molecule has 0 amide bonds. The number of carbonyl (C=O) groups excluding carboxylic acids is 1. The molecule has 1 N–H and O–H groups in total. The Morgan fingerprint density at radius 1 is 1.00 bits per heavy atom. The number of carbonyl (C=O) groups is 1. The number of likely N-dealkylation sites (N-methyl/N-ethyl adjacent to an activating group) is 1. The Bertz CT molecular complexity index is 1630. The summed E-state index contributed by atoms with van der Waals surface area (Å²) in [5, 5.41) is 0. The number of benzene rings is 2. The molecular weight excluding hydrogens is 538 g/mol. The number of likely N-dealkylation sites (tertiary alicyclic amines) is 1. The number of anilines is 1. The SMILES string of the molecule is Cc1cccc(C)c1-c1cc(OC[C@H]2CCC[C@H](c3ccccn3)N2C)nc(NS(=O)(=O)c2cccc(C=O)c2)n1. The van der Waals surface area contributed by atoms with Crippen LogP contribution in [0.3, 0.4) is 0 Å². The number of nitrogens with zero attached hydrogens (tertiary/aromatic N) is 4. The highest BCUT2D eigenvalue weighted by Crippen LogP contribution is 2.33. The van der Waals surface area contributed by atoms with E-state index >= 15 is 0 Å². The van der Waals surface area contributed by atoms with Crippen LogP contribution in [0.2, 0.25) is 0 Å². The number of sulfonamides is 1. The number of ether oxygens (including phenoxy) is 1. The molecule has 1 saturated heterocycles. The Labute approximate surface area is 240 Å². The molecular formula is C31H33N5O4S. The van der Waals surface area contributed by atoms with Crippen LogP contribution >= 0.6 is 0 Å². The van der Waals surface area contributed by atoms with Crippen LogP contribution in [-0.2, 0) is 10.0 Å². The molecule has 2 aromatic carbocycles. The zero-order chi connectivity index (χ0) is 29.0. The quantitative estimate of drug-likeness (QED) is 0.267. The van der Waals surface area contributed by atoms with Gasteiger partial charge < -0.3 is 4.74 Å². The van der Waals surface area contributed by atoms with Gasteiger partial charge in [0.25, 0.3) is 10.0 Å². The number of hydrogen-bond acceptors (Lipinski definition) is 8. The van der Waals surface area contributed by atoms with Crippen molar-refractivity contribution in [1.29, 1.82) is 0 Å². The number of piperidine rings is 1. The van der Waals surface area contributed by atoms with Gasteiger partial charge in [0.05, 0.1) is 22.3 Å². The van der Waals surface area contributed by atoms with Crippen LogP contribution in [0, 0.1) is 13.8 Å². The van der Waals surface area contributed by atoms with Crippen molar-refractivity contribution in [2.75, 3.05) is 18.4 Å². The van der Waals surface area contributed by atoms with Crippen molar-refractivity contribution in [2.45, 2.75) is 50.1 Å². The van der Waals surface area contributed by atoms with Gasteiger partial charge in [0, 0.05) is 29.4 Å². The molecule has 0 spiro atoms. The molecule has 1 aliphatic rings. The molecule has 2 aromatic heterocycles. The third kappa shape index (κ3) is 6.44. The van der Waals surface area contributed by atoms with Crippen molar-refractivity contribution in [1.82, 2.24) is 19.9 Å². The van der Waals surface area contributed by atoms with Crippen molar-refractivity contribution < 1.29 is 17.9 Å². The molecule has 1 fully saturated rings. The van der Waals surface area contributed by atoms with E-state index in [-0.39, 0.29) is 34.4 Å². The summed E-state index contributed by atoms with van der Waals surface area (Å²) in [7, 11) is -1.98. The molecule has 212 valence electrons. The van der Waals surface area contributed by atoms with E-state index in [0.717, 1.165) is 41.6 Å². The minimum absolute atomic E-state index is 0.0602. The normalized spacial score (nSPS) is 17.6. The second-order valence-corrected chi connectivity index (χ2v) is 12.0. The summed E-state index contributed by atoms with van der Waals surface area (Å²) in [6.07, 6.45) is 5.44. The summed E-state index contributed by atoms with van der Waals surface area (Å²) < 4.78 is 35.2. The van der Waals surface area contributed by atoms with E-state index in [2.05, 4.69) is 37.7 Å². The molecule has 0 radical (unpaired) electrons. The van der Waals surface area contributed by atoms with E-state index in [1.807, 2.05) is 50.4 Å². The van der Waals surface area contributed by atoms with Gasteiger partial charge in [-0.3, -0.25) is 14.7 Å². The Morgan fingerprint density at radius 2 is 1.78 bits per heavy atom. The van der Waals surface area contributed by atoms with E-state index in [1.165, 1.54) is 24.3 Å². The van der Waals surface area contributed by atoms with Gasteiger partial charge in [-0.05, 0) is 75.5 Å². The maximum Gasteiger partial charge on any atom is 0.264 e. The standard InChI is InChI=1S/C31H33N5O4S/c1-21-9-6-10-22(2)30(21)27-18-29(34-31(33-27)35-41(38,39)25-13-7-11-23(17-25)19-37)40-20-24-12-8-15-28(36(24)3)26-14-4-5-16-32-26/h4-7,9-11,13-14,16-19,24,28H,8,12,15,20H2,1-3H3,(H,33,34,35)/t24-,28-/m1/s1. The largest absolute Gasteiger partial charge is 0.476 e. The average molecular weight is 572 g/mol. The van der Waals surface area contributed by atoms with Crippen LogP contribution in [-0.4, -0.2) is 54.3 Å². The highest BCUT2D eigenvalue weighted by Gasteiger charge is 2.30. The first-order valence-electron chi connectivity index (χ1n) is 13.5. The average Bonchev–Trinajstić information content (AvgIpc) is 2.97. The first-order chi connectivity index (χ1) is 19.7. The molecule has 41 heavy (non-hydrogen) atoms. The predicted molar refractivity (Wildman–Crippen MR) is 157 cm³/mol. The number of rotatable bonds is 9. The van der Waals surface area contributed by atoms with Crippen molar-refractivity contribution in [3.8, 4) is 17.1 Å². The van der Waals surface area contributed by atoms with E-state index in [1.54, 1.807) is 6.07 Å². The Balaban J connectivity index is 1.44. The second kappa shape index (κ2) is 12.2. The zero-order valence-corrected chi connectivity index (χ0v) is 24.1. The molecule has 0 unspecified atom stereocenters. The molecule has 0 bridgehead atoms. The van der Waals surface area contributed by atoms with Gasteiger partial charge in [-0.1, -0.05) is 36.4 Å². The Hall–Kier alpha value is -4.15. The lowest BCUT2D eigenvalue weighted by Crippen LogP contribution is -2.42. The van der Waals surface area contributed by atoms with Crippen LogP contribution in [0.4, 0.5) is 5.95 Å². The fourth-order valence-corrected chi connectivity index (χ4v) is 6.34. The highest BCUT2D eigenvalue weighted by molar-refractivity contribution is 7.92. The fourth-order valence-electron chi connectivity index (χ4n) is 5.35. The monoisotopic (exact) mass is 571 g/mol. The van der Waals surface area contributed by atoms with Gasteiger partial charge in [-0.25, -0.2) is 18.1 Å². The fraction of sp³-hybridized carbons (Fsp3) is 0.290. The van der Waals surface area contributed by atoms with E-state index < -0.39 is 10.0 Å². The second-order valence-electron chi connectivity index (χ2n) is 10.3. The molecule has 10 heteroatoms. The maximum atomic E-state index is 13.2. The van der Waals surface area contributed by atoms with Gasteiger partial charge in [0.1, 0.15) is 12.9 Å². The van der Waals surface area contributed by atoms with Crippen LogP contribution < -0.4 is 9.46 Å². The van der Waals surface area contributed by atoms with E-state index in [9.17, 15) is 13.2 Å². The molecule has 0 aliphatic carbocycles. The summed E-state index contributed by atoms with van der Waals surface area (Å²) in [4.78, 5) is 27.0. The van der Waals surface area contributed by atoms with Crippen molar-refractivity contribution in [3.63, 3.8) is 0 Å². The number of aromatic nitrogens is 3. The third-order valence-electron chi connectivity index (χ3n) is 7.51. The molecule has 9 nitrogen and oxygen atoms in total. The zero-order valence-electron chi connectivity index (χ0n) is 23.3. The van der Waals surface area contributed by atoms with Crippen LogP contribution in [0.5, 0.6) is 5.88 Å². The van der Waals surface area contributed by atoms with E-state index in [0.29, 0.717) is 18.6 Å². The van der Waals surface area contributed by atoms with Crippen LogP contribution in [0.15, 0.2) is 77.8 Å². The first-order valence-corrected chi connectivity index (χ1v) is 15.0. The Kier molecular flexibility index (Phi) is 8.41. The predicted octanol–water partition coefficient (Wildman–Crippen LogP) is 5.37. The lowest BCUT2D eigenvalue weighted by Gasteiger charge is -2.39. The number of aryl methyl sites for hydroxylation is 2. The number of hydrogen-bond donors (Lipinski definition) is 1. The van der Waals surface area contributed by atoms with Crippen molar-refractivity contribution in [2.24, 2.45) is 0 Å². The molecule has 1 aliphatic heterocycles. The minimum atomic E-state index is -4.07. The van der Waals surface area contributed by atoms with Gasteiger partial charge in [-0.15, -0.1) is 0 Å². The van der Waals surface area contributed by atoms with Gasteiger partial charge in [0.2, 0.25) is 11.8 Å². The molecule has 2 atom stereocenters. The van der Waals surface area contributed by atoms with E-state index in [4.69, 9.17) is 4.74 Å². The number of aldehydes is 1. The first kappa shape index (κ1) is 28.4. The summed E-state index contributed by atoms with van der Waals surface area (Å²) in [5.41, 5.74) is 4.71. The summed E-state index contributed by atoms with van der Waals surface area (Å²) in [6.45, 7) is 4.33. The molecule has 5 rings (SSSR count). The van der Waals surface area contributed by atoms with Crippen LogP contribution in [0.25, 0.3) is 11.3 Å². The molecule has 0 saturated carbocycles. The lowest BCUT2D eigenvalue weighted by molar-refractivity contribution is 0.0725. The van der Waals surface area contributed by atoms with Gasteiger partial charge in [0.15, 0.2) is 0 Å². The van der Waals surface area contributed by atoms with Gasteiger partial charge >= 0.3 is 0 Å². The maximum absolute atomic E-state index is 13.2. The number of nitrogens with one attached hydrogen (secondary N) is 1. The van der Waals surface area contributed by atoms with Crippen molar-refractivity contribution >= 4 is 22.3 Å². The van der Waals surface area contributed by atoms with Crippen LogP contribution in [0.1, 0.15) is 52.5 Å². The highest BCUT2D eigenvalue weighted by atomic mass is 32.2. The molecule has 3 heterocycles. The Morgan fingerprint density at radius 3 is 2.51 bits per heavy atom. The number of pyridine rings is 1. The van der Waals surface area contributed by atoms with Gasteiger partial charge in [-0.2, -0.15) is 4.98 Å². The summed E-state index contributed by atoms with van der Waals surface area (Å²) in [6, 6.07) is 19.7. The lowest BCUT2D eigenvalue weighted by atomic mass is 9.94. The smallest absolute Gasteiger partial charge is 0.264 e. The van der Waals surface area contributed by atoms with Crippen molar-refractivity contribution in [3.05, 3.63) is 95.3 Å². The minimum Gasteiger partial charge on any atom is -0.476 e. The summed E-state index contributed by atoms with van der Waals surface area (Å²) in [5.74, 6) is 0.158. The third-order valence-corrected chi connectivity index (χ3v) is 8.83. The molecule has 4 aromatic rings. The topological polar surface area (TPSA) is 114 Å².